The zero-order chi connectivity index (χ0) is 26.7. The summed E-state index contributed by atoms with van der Waals surface area (Å²) in [6.45, 7) is 8.24. The van der Waals surface area contributed by atoms with Crippen molar-refractivity contribution in [2.45, 2.75) is 32.9 Å². The largest absolute Gasteiger partial charge is 0.463 e. The first-order chi connectivity index (χ1) is 17.8. The van der Waals surface area contributed by atoms with Crippen LogP contribution >= 0.6 is 34.5 Å². The van der Waals surface area contributed by atoms with Gasteiger partial charge in [0, 0.05) is 44.5 Å². The van der Waals surface area contributed by atoms with Gasteiger partial charge in [-0.1, -0.05) is 41.4 Å². The van der Waals surface area contributed by atoms with Crippen LogP contribution in [0.4, 0.5) is 4.79 Å². The number of amides is 3. The summed E-state index contributed by atoms with van der Waals surface area (Å²) in [7, 11) is 0. The molecule has 2 aromatic rings. The molecular formula is C26H30Cl2N4O4S. The van der Waals surface area contributed by atoms with Crippen molar-refractivity contribution in [3.05, 3.63) is 67.5 Å². The number of piperazine rings is 1. The number of hydrogen-bond acceptors (Lipinski definition) is 6. The molecule has 1 saturated heterocycles. The quantitative estimate of drug-likeness (QED) is 0.488. The molecule has 8 nitrogen and oxygen atoms in total. The Hall–Kier alpha value is -2.59. The number of halogens is 2. The lowest BCUT2D eigenvalue weighted by molar-refractivity contribution is -0.139. The Morgan fingerprint density at radius 2 is 1.95 bits per heavy atom. The van der Waals surface area contributed by atoms with Crippen LogP contribution in [0.25, 0.3) is 0 Å². The topological polar surface area (TPSA) is 82.2 Å². The van der Waals surface area contributed by atoms with Crippen molar-refractivity contribution in [2.75, 3.05) is 39.3 Å². The molecule has 2 aliphatic rings. The number of esters is 1. The summed E-state index contributed by atoms with van der Waals surface area (Å²) in [6, 6.07) is 7.66. The molecule has 0 aliphatic carbocycles. The van der Waals surface area contributed by atoms with E-state index in [1.54, 1.807) is 30.0 Å². The van der Waals surface area contributed by atoms with Crippen LogP contribution in [0.5, 0.6) is 0 Å². The van der Waals surface area contributed by atoms with E-state index in [0.717, 1.165) is 4.88 Å². The molecule has 2 aliphatic heterocycles. The zero-order valence-electron chi connectivity index (χ0n) is 21.0. The van der Waals surface area contributed by atoms with Gasteiger partial charge in [-0.25, -0.2) is 9.59 Å². The van der Waals surface area contributed by atoms with E-state index in [2.05, 4.69) is 10.2 Å². The Labute approximate surface area is 230 Å². The summed E-state index contributed by atoms with van der Waals surface area (Å²) in [4.78, 5) is 45.8. The summed E-state index contributed by atoms with van der Waals surface area (Å²) in [5.74, 6) is -0.493. The predicted molar refractivity (Wildman–Crippen MR) is 145 cm³/mol. The first-order valence-corrected chi connectivity index (χ1v) is 13.9. The Kier molecular flexibility index (Phi) is 8.79. The molecule has 0 spiro atoms. The van der Waals surface area contributed by atoms with Crippen LogP contribution in [-0.2, 0) is 9.53 Å². The van der Waals surface area contributed by atoms with Gasteiger partial charge >= 0.3 is 12.0 Å². The van der Waals surface area contributed by atoms with Gasteiger partial charge in [-0.15, -0.1) is 11.3 Å². The minimum Gasteiger partial charge on any atom is -0.463 e. The summed E-state index contributed by atoms with van der Waals surface area (Å²) >= 11 is 14.2. The lowest BCUT2D eigenvalue weighted by Gasteiger charge is -2.42. The van der Waals surface area contributed by atoms with Gasteiger partial charge in [0.1, 0.15) is 0 Å². The van der Waals surface area contributed by atoms with Gasteiger partial charge in [0.15, 0.2) is 0 Å². The van der Waals surface area contributed by atoms with Crippen LogP contribution in [0.15, 0.2) is 47.0 Å². The number of urea groups is 1. The van der Waals surface area contributed by atoms with Crippen molar-refractivity contribution in [1.29, 1.82) is 0 Å². The normalized spacial score (nSPS) is 20.7. The van der Waals surface area contributed by atoms with Gasteiger partial charge in [-0.3, -0.25) is 14.6 Å². The van der Waals surface area contributed by atoms with E-state index in [4.69, 9.17) is 27.9 Å². The molecule has 1 N–H and O–H groups in total. The van der Waals surface area contributed by atoms with Gasteiger partial charge in [0.25, 0.3) is 5.91 Å². The smallest absolute Gasteiger partial charge is 0.338 e. The summed E-state index contributed by atoms with van der Waals surface area (Å²) in [5, 5.41) is 5.42. The molecule has 1 aromatic carbocycles. The molecule has 2 atom stereocenters. The minimum absolute atomic E-state index is 0.0245. The molecular weight excluding hydrogens is 535 g/mol. The minimum atomic E-state index is -0.810. The number of carbonyl (C=O) groups excluding carboxylic acids is 3. The summed E-state index contributed by atoms with van der Waals surface area (Å²) in [5.41, 5.74) is 1.42. The Morgan fingerprint density at radius 1 is 1.16 bits per heavy atom. The number of ether oxygens (including phenoxy) is 1. The SMILES string of the molecule is CCOC(=O)C1=C(CN2CCN(C(=O)c3cccs3)[C@H](C)C2)N(CC)C(=O)N[C@@H]1c1cccc(Cl)c1Cl. The molecule has 3 heterocycles. The van der Waals surface area contributed by atoms with Crippen LogP contribution in [0.2, 0.25) is 10.0 Å². The molecule has 0 saturated carbocycles. The lowest BCUT2D eigenvalue weighted by atomic mass is 9.93. The number of nitrogens with one attached hydrogen (secondary N) is 1. The second kappa shape index (κ2) is 11.9. The van der Waals surface area contributed by atoms with Crippen LogP contribution in [-0.4, -0.2) is 78.0 Å². The van der Waals surface area contributed by atoms with Crippen LogP contribution < -0.4 is 5.32 Å². The third kappa shape index (κ3) is 5.65. The monoisotopic (exact) mass is 564 g/mol. The second-order valence-electron chi connectivity index (χ2n) is 8.91. The number of rotatable bonds is 7. The third-order valence-corrected chi connectivity index (χ3v) is 8.31. The molecule has 1 fully saturated rings. The first kappa shape index (κ1) is 27.4. The molecule has 198 valence electrons. The van der Waals surface area contributed by atoms with E-state index >= 15 is 0 Å². The number of carbonyl (C=O) groups is 3. The summed E-state index contributed by atoms with van der Waals surface area (Å²) in [6.07, 6.45) is 0. The fraction of sp³-hybridized carbons (Fsp3) is 0.423. The third-order valence-electron chi connectivity index (χ3n) is 6.62. The van der Waals surface area contributed by atoms with Gasteiger partial charge in [0.05, 0.1) is 33.1 Å². The average molecular weight is 566 g/mol. The maximum atomic E-state index is 13.3. The highest BCUT2D eigenvalue weighted by Gasteiger charge is 2.40. The maximum absolute atomic E-state index is 13.3. The maximum Gasteiger partial charge on any atom is 0.338 e. The van der Waals surface area contributed by atoms with E-state index in [0.29, 0.717) is 54.6 Å². The van der Waals surface area contributed by atoms with Crippen LogP contribution in [0.3, 0.4) is 0 Å². The highest BCUT2D eigenvalue weighted by atomic mass is 35.5. The van der Waals surface area contributed by atoms with Crippen molar-refractivity contribution in [3.63, 3.8) is 0 Å². The van der Waals surface area contributed by atoms with E-state index in [9.17, 15) is 14.4 Å². The fourth-order valence-electron chi connectivity index (χ4n) is 4.87. The van der Waals surface area contributed by atoms with Gasteiger partial charge in [-0.05, 0) is 43.8 Å². The van der Waals surface area contributed by atoms with Crippen molar-refractivity contribution in [2.24, 2.45) is 0 Å². The van der Waals surface area contributed by atoms with Crippen LogP contribution in [0, 0.1) is 0 Å². The standard InChI is InChI=1S/C26H30Cl2N4O4S/c1-4-31-19(15-30-11-12-32(16(3)14-30)24(33)20-10-7-13-37-20)21(25(34)36-5-2)23(29-26(31)35)17-8-6-9-18(27)22(17)28/h6-10,13,16,23H,4-5,11-12,14-15H2,1-3H3,(H,29,35)/t16-,23-/m1/s1. The van der Waals surface area contributed by atoms with Gasteiger partial charge < -0.3 is 15.0 Å². The van der Waals surface area contributed by atoms with Crippen molar-refractivity contribution >= 4 is 52.4 Å². The van der Waals surface area contributed by atoms with E-state index in [1.165, 1.54) is 11.3 Å². The number of nitrogens with zero attached hydrogens (tertiary/aromatic N) is 3. The highest BCUT2D eigenvalue weighted by molar-refractivity contribution is 7.12. The van der Waals surface area contributed by atoms with Crippen molar-refractivity contribution in [1.82, 2.24) is 20.0 Å². The van der Waals surface area contributed by atoms with E-state index in [1.807, 2.05) is 36.3 Å². The van der Waals surface area contributed by atoms with Crippen LogP contribution in [0.1, 0.15) is 42.0 Å². The van der Waals surface area contributed by atoms with Crippen molar-refractivity contribution < 1.29 is 19.1 Å². The molecule has 0 bridgehead atoms. The van der Waals surface area contributed by atoms with E-state index in [-0.39, 0.29) is 29.6 Å². The second-order valence-corrected chi connectivity index (χ2v) is 10.6. The number of hydrogen-bond donors (Lipinski definition) is 1. The molecule has 3 amide bonds. The van der Waals surface area contributed by atoms with Gasteiger partial charge in [-0.2, -0.15) is 0 Å². The zero-order valence-corrected chi connectivity index (χ0v) is 23.3. The number of benzene rings is 1. The molecule has 4 rings (SSSR count). The summed E-state index contributed by atoms with van der Waals surface area (Å²) < 4.78 is 5.44. The average Bonchev–Trinajstić information content (AvgIpc) is 3.40. The Balaban J connectivity index is 1.67. The number of likely N-dealkylation sites (N-methyl/N-ethyl adjacent to an activating group) is 1. The molecule has 37 heavy (non-hydrogen) atoms. The fourth-order valence-corrected chi connectivity index (χ4v) is 5.96. The van der Waals surface area contributed by atoms with E-state index < -0.39 is 12.0 Å². The van der Waals surface area contributed by atoms with Crippen molar-refractivity contribution in [3.8, 4) is 0 Å². The molecule has 0 unspecified atom stereocenters. The Morgan fingerprint density at radius 3 is 2.59 bits per heavy atom. The first-order valence-electron chi connectivity index (χ1n) is 12.3. The Bertz CT molecular complexity index is 1200. The highest BCUT2D eigenvalue weighted by Crippen LogP contribution is 2.38. The lowest BCUT2D eigenvalue weighted by Crippen LogP contribution is -2.56. The molecule has 0 radical (unpaired) electrons. The molecule has 1 aromatic heterocycles. The number of thiophene rings is 1. The predicted octanol–water partition coefficient (Wildman–Crippen LogP) is 4.80. The van der Waals surface area contributed by atoms with Gasteiger partial charge in [0.2, 0.25) is 0 Å². The molecule has 11 heteroatoms.